The molecule has 0 saturated carbocycles. The zero-order valence-electron chi connectivity index (χ0n) is 13.7. The number of rotatable bonds is 6. The molecule has 0 heterocycles. The molecule has 0 bridgehead atoms. The molecule has 5 heteroatoms. The summed E-state index contributed by atoms with van der Waals surface area (Å²) in [5.41, 5.74) is -0.0818. The molecule has 2 N–H and O–H groups in total. The van der Waals surface area contributed by atoms with Crippen LogP contribution in [0.25, 0.3) is 0 Å². The Morgan fingerprint density at radius 1 is 1.08 bits per heavy atom. The second kappa shape index (κ2) is 7.53. The van der Waals surface area contributed by atoms with Crippen molar-refractivity contribution >= 4 is 5.91 Å². The average molecular weight is 333 g/mol. The van der Waals surface area contributed by atoms with Crippen LogP contribution in [0.3, 0.4) is 0 Å². The maximum Gasteiger partial charge on any atom is 0.227 e. The van der Waals surface area contributed by atoms with E-state index >= 15 is 0 Å². The van der Waals surface area contributed by atoms with E-state index in [1.165, 1.54) is 36.4 Å². The first-order valence-corrected chi connectivity index (χ1v) is 7.85. The quantitative estimate of drug-likeness (QED) is 0.850. The van der Waals surface area contributed by atoms with Gasteiger partial charge in [-0.2, -0.15) is 0 Å². The predicted octanol–water partition coefficient (Wildman–Crippen LogP) is 3.48. The van der Waals surface area contributed by atoms with Crippen molar-refractivity contribution < 1.29 is 18.7 Å². The fourth-order valence-corrected chi connectivity index (χ4v) is 2.56. The van der Waals surface area contributed by atoms with Crippen LogP contribution in [0.15, 0.2) is 48.5 Å². The summed E-state index contributed by atoms with van der Waals surface area (Å²) in [4.78, 5) is 12.4. The Morgan fingerprint density at radius 3 is 2.08 bits per heavy atom. The number of halogens is 2. The molecule has 2 rings (SSSR count). The van der Waals surface area contributed by atoms with Gasteiger partial charge in [0.1, 0.15) is 17.2 Å². The first kappa shape index (κ1) is 18.1. The van der Waals surface area contributed by atoms with Crippen LogP contribution in [-0.4, -0.2) is 17.6 Å². The lowest BCUT2D eigenvalue weighted by atomic mass is 9.93. The highest BCUT2D eigenvalue weighted by molar-refractivity contribution is 5.83. The molecule has 1 amide bonds. The maximum absolute atomic E-state index is 13.0. The highest BCUT2D eigenvalue weighted by atomic mass is 19.1. The number of aliphatic hydroxyl groups is 1. The van der Waals surface area contributed by atoms with Gasteiger partial charge in [-0.05, 0) is 48.7 Å². The van der Waals surface area contributed by atoms with Crippen LogP contribution >= 0.6 is 0 Å². The number of carbonyl (C=O) groups is 1. The Morgan fingerprint density at radius 2 is 1.58 bits per heavy atom. The SMILES string of the molecule is CCC(C(=O)NCC(C)(O)c1ccc(F)cc1)c1ccc(F)cc1. The van der Waals surface area contributed by atoms with Crippen molar-refractivity contribution in [1.29, 1.82) is 0 Å². The summed E-state index contributed by atoms with van der Waals surface area (Å²) in [5.74, 6) is -1.41. The van der Waals surface area contributed by atoms with Crippen molar-refractivity contribution in [2.75, 3.05) is 6.54 Å². The van der Waals surface area contributed by atoms with E-state index < -0.39 is 11.5 Å². The van der Waals surface area contributed by atoms with Gasteiger partial charge in [-0.1, -0.05) is 31.2 Å². The predicted molar refractivity (Wildman–Crippen MR) is 88.4 cm³/mol. The molecule has 0 saturated heterocycles. The zero-order chi connectivity index (χ0) is 17.7. The van der Waals surface area contributed by atoms with Crippen LogP contribution in [0.5, 0.6) is 0 Å². The summed E-state index contributed by atoms with van der Waals surface area (Å²) in [5, 5.41) is 13.2. The monoisotopic (exact) mass is 333 g/mol. The minimum Gasteiger partial charge on any atom is -0.384 e. The third kappa shape index (κ3) is 4.38. The van der Waals surface area contributed by atoms with Crippen LogP contribution in [0.1, 0.15) is 37.3 Å². The van der Waals surface area contributed by atoms with Crippen LogP contribution in [0.2, 0.25) is 0 Å². The van der Waals surface area contributed by atoms with Crippen LogP contribution in [0, 0.1) is 11.6 Å². The summed E-state index contributed by atoms with van der Waals surface area (Å²) in [6, 6.07) is 11.3. The van der Waals surface area contributed by atoms with Crippen molar-refractivity contribution in [2.24, 2.45) is 0 Å². The summed E-state index contributed by atoms with van der Waals surface area (Å²) >= 11 is 0. The number of amides is 1. The largest absolute Gasteiger partial charge is 0.384 e. The Labute approximate surface area is 140 Å². The topological polar surface area (TPSA) is 49.3 Å². The number of benzene rings is 2. The van der Waals surface area contributed by atoms with Gasteiger partial charge in [0, 0.05) is 0 Å². The van der Waals surface area contributed by atoms with Crippen molar-refractivity contribution in [3.8, 4) is 0 Å². The standard InChI is InChI=1S/C19H21F2NO2/c1-3-17(13-4-8-15(20)9-5-13)18(23)22-12-19(2,24)14-6-10-16(21)11-7-14/h4-11,17,24H,3,12H2,1-2H3,(H,22,23). The first-order chi connectivity index (χ1) is 11.3. The molecule has 2 unspecified atom stereocenters. The lowest BCUT2D eigenvalue weighted by Gasteiger charge is -2.25. The maximum atomic E-state index is 13.0. The second-order valence-electron chi connectivity index (χ2n) is 6.01. The van der Waals surface area contributed by atoms with E-state index in [2.05, 4.69) is 5.32 Å². The van der Waals surface area contributed by atoms with E-state index in [1.54, 1.807) is 19.1 Å². The van der Waals surface area contributed by atoms with Gasteiger partial charge < -0.3 is 10.4 Å². The molecule has 0 aromatic heterocycles. The molecule has 2 aromatic rings. The van der Waals surface area contributed by atoms with Gasteiger partial charge in [-0.25, -0.2) is 8.78 Å². The molecular weight excluding hydrogens is 312 g/mol. The molecule has 0 radical (unpaired) electrons. The lowest BCUT2D eigenvalue weighted by Crippen LogP contribution is -2.40. The van der Waals surface area contributed by atoms with Crippen molar-refractivity contribution in [2.45, 2.75) is 31.8 Å². The van der Waals surface area contributed by atoms with Gasteiger partial charge in [0.25, 0.3) is 0 Å². The second-order valence-corrected chi connectivity index (χ2v) is 6.01. The van der Waals surface area contributed by atoms with Crippen molar-refractivity contribution in [3.05, 3.63) is 71.3 Å². The molecule has 0 aliphatic heterocycles. The lowest BCUT2D eigenvalue weighted by molar-refractivity contribution is -0.123. The highest BCUT2D eigenvalue weighted by Crippen LogP contribution is 2.23. The Hall–Kier alpha value is -2.27. The Balaban J connectivity index is 2.04. The minimum absolute atomic E-state index is 0.00480. The van der Waals surface area contributed by atoms with Crippen LogP contribution in [-0.2, 0) is 10.4 Å². The van der Waals surface area contributed by atoms with Crippen LogP contribution < -0.4 is 5.32 Å². The minimum atomic E-state index is -1.32. The van der Waals surface area contributed by atoms with Gasteiger partial charge in [-0.3, -0.25) is 4.79 Å². The summed E-state index contributed by atoms with van der Waals surface area (Å²) in [7, 11) is 0. The Kier molecular flexibility index (Phi) is 5.67. The van der Waals surface area contributed by atoms with E-state index in [0.717, 1.165) is 5.56 Å². The van der Waals surface area contributed by atoms with E-state index in [9.17, 15) is 18.7 Å². The third-order valence-electron chi connectivity index (χ3n) is 4.07. The number of carbonyl (C=O) groups excluding carboxylic acids is 1. The fourth-order valence-electron chi connectivity index (χ4n) is 2.56. The van der Waals surface area contributed by atoms with Gasteiger partial charge in [0.2, 0.25) is 5.91 Å². The smallest absolute Gasteiger partial charge is 0.227 e. The molecule has 0 fully saturated rings. The van der Waals surface area contributed by atoms with Gasteiger partial charge in [0.15, 0.2) is 0 Å². The summed E-state index contributed by atoms with van der Waals surface area (Å²) < 4.78 is 26.0. The molecule has 0 spiro atoms. The first-order valence-electron chi connectivity index (χ1n) is 7.85. The van der Waals surface area contributed by atoms with E-state index in [4.69, 9.17) is 0 Å². The summed E-state index contributed by atoms with van der Waals surface area (Å²) in [6.07, 6.45) is 0.552. The zero-order valence-corrected chi connectivity index (χ0v) is 13.7. The van der Waals surface area contributed by atoms with Crippen molar-refractivity contribution in [1.82, 2.24) is 5.32 Å². The van der Waals surface area contributed by atoms with E-state index in [1.807, 2.05) is 6.92 Å². The molecule has 0 aliphatic carbocycles. The van der Waals surface area contributed by atoms with E-state index in [-0.39, 0.29) is 24.1 Å². The van der Waals surface area contributed by atoms with Gasteiger partial charge in [0.05, 0.1) is 12.5 Å². The third-order valence-corrected chi connectivity index (χ3v) is 4.07. The van der Waals surface area contributed by atoms with Crippen molar-refractivity contribution in [3.63, 3.8) is 0 Å². The number of hydrogen-bond acceptors (Lipinski definition) is 2. The molecule has 2 aromatic carbocycles. The molecule has 128 valence electrons. The molecule has 24 heavy (non-hydrogen) atoms. The van der Waals surface area contributed by atoms with E-state index in [0.29, 0.717) is 12.0 Å². The number of hydrogen-bond donors (Lipinski definition) is 2. The average Bonchev–Trinajstić information content (AvgIpc) is 2.56. The molecule has 3 nitrogen and oxygen atoms in total. The van der Waals surface area contributed by atoms with Crippen LogP contribution in [0.4, 0.5) is 8.78 Å². The Bertz CT molecular complexity index is 682. The van der Waals surface area contributed by atoms with Gasteiger partial charge >= 0.3 is 0 Å². The molecule has 2 atom stereocenters. The van der Waals surface area contributed by atoms with Gasteiger partial charge in [-0.15, -0.1) is 0 Å². The number of nitrogens with one attached hydrogen (secondary N) is 1. The molecular formula is C19H21F2NO2. The normalized spacial score (nSPS) is 14.7. The highest BCUT2D eigenvalue weighted by Gasteiger charge is 2.26. The molecule has 0 aliphatic rings. The fraction of sp³-hybridized carbons (Fsp3) is 0.316. The summed E-state index contributed by atoms with van der Waals surface area (Å²) in [6.45, 7) is 3.42.